The monoisotopic (exact) mass is 340 g/mol. The maximum atomic E-state index is 13.1. The first kappa shape index (κ1) is 16.9. The maximum absolute atomic E-state index is 13.1. The highest BCUT2D eigenvalue weighted by molar-refractivity contribution is 8.00. The van der Waals surface area contributed by atoms with Crippen LogP contribution in [0.4, 0.5) is 4.39 Å². The van der Waals surface area contributed by atoms with Crippen molar-refractivity contribution in [3.63, 3.8) is 0 Å². The second-order valence-corrected chi connectivity index (χ2v) is 6.86. The Morgan fingerprint density at radius 3 is 3.09 bits per heavy atom. The number of carbonyl (C=O) groups excluding carboxylic acids is 1. The molecule has 118 valence electrons. The molecule has 0 aliphatic carbocycles. The molecular formula is C15H17FN2O2S2. The van der Waals surface area contributed by atoms with Gasteiger partial charge in [0.05, 0.1) is 12.5 Å². The van der Waals surface area contributed by atoms with Crippen molar-refractivity contribution in [2.45, 2.75) is 23.3 Å². The Kier molecular flexibility index (Phi) is 6.82. The summed E-state index contributed by atoms with van der Waals surface area (Å²) < 4.78 is 14.1. The Balaban J connectivity index is 1.63. The van der Waals surface area contributed by atoms with E-state index in [9.17, 15) is 14.3 Å². The van der Waals surface area contributed by atoms with E-state index < -0.39 is 11.9 Å². The van der Waals surface area contributed by atoms with Crippen LogP contribution >= 0.6 is 23.1 Å². The van der Waals surface area contributed by atoms with Gasteiger partial charge in [0.25, 0.3) is 0 Å². The summed E-state index contributed by atoms with van der Waals surface area (Å²) in [6.45, 7) is 0.549. The van der Waals surface area contributed by atoms with Gasteiger partial charge in [0.2, 0.25) is 5.91 Å². The number of amides is 1. The second-order valence-electron chi connectivity index (χ2n) is 4.62. The number of nitrogens with zero attached hydrogens (tertiary/aromatic N) is 1. The number of aliphatic hydroxyl groups excluding tert-OH is 1. The molecule has 7 heteroatoms. The van der Waals surface area contributed by atoms with Crippen LogP contribution in [0.5, 0.6) is 0 Å². The van der Waals surface area contributed by atoms with Gasteiger partial charge in [-0.3, -0.25) is 4.79 Å². The summed E-state index contributed by atoms with van der Waals surface area (Å²) in [5.41, 5.74) is 0.412. The average molecular weight is 340 g/mol. The standard InChI is InChI=1S/C15H17FN2O2S2/c16-12-4-1-3-11(9-12)13(19)10-14(20)17-5-2-7-21-15-18-6-8-22-15/h1,3-4,6,8-9,13,19H,2,5,7,10H2,(H,17,20). The van der Waals surface area contributed by atoms with Crippen LogP contribution in [0.15, 0.2) is 40.2 Å². The minimum atomic E-state index is -0.986. The van der Waals surface area contributed by atoms with Crippen molar-refractivity contribution in [2.24, 2.45) is 0 Å². The summed E-state index contributed by atoms with van der Waals surface area (Å²) in [6, 6.07) is 5.66. The van der Waals surface area contributed by atoms with Gasteiger partial charge in [-0.25, -0.2) is 9.37 Å². The molecule has 0 fully saturated rings. The van der Waals surface area contributed by atoms with E-state index in [1.54, 1.807) is 35.4 Å². The van der Waals surface area contributed by atoms with Crippen molar-refractivity contribution in [1.29, 1.82) is 0 Å². The number of hydrogen-bond acceptors (Lipinski definition) is 5. The van der Waals surface area contributed by atoms with Crippen LogP contribution in [0.2, 0.25) is 0 Å². The molecule has 0 spiro atoms. The lowest BCUT2D eigenvalue weighted by Crippen LogP contribution is -2.26. The molecule has 2 rings (SSSR count). The number of hydrogen-bond donors (Lipinski definition) is 2. The summed E-state index contributed by atoms with van der Waals surface area (Å²) in [5.74, 6) is 0.215. The number of nitrogens with one attached hydrogen (secondary N) is 1. The van der Waals surface area contributed by atoms with Crippen molar-refractivity contribution < 1.29 is 14.3 Å². The highest BCUT2D eigenvalue weighted by atomic mass is 32.2. The summed E-state index contributed by atoms with van der Waals surface area (Å²) in [6.07, 6.45) is 1.54. The predicted molar refractivity (Wildman–Crippen MR) is 86.4 cm³/mol. The first-order chi connectivity index (χ1) is 10.6. The number of halogens is 1. The number of thiazole rings is 1. The van der Waals surface area contributed by atoms with Crippen molar-refractivity contribution in [1.82, 2.24) is 10.3 Å². The number of rotatable bonds is 8. The Morgan fingerprint density at radius 1 is 1.50 bits per heavy atom. The molecule has 1 aromatic heterocycles. The maximum Gasteiger partial charge on any atom is 0.222 e. The Morgan fingerprint density at radius 2 is 2.36 bits per heavy atom. The quantitative estimate of drug-likeness (QED) is 0.573. The smallest absolute Gasteiger partial charge is 0.222 e. The van der Waals surface area contributed by atoms with Crippen molar-refractivity contribution >= 4 is 29.0 Å². The van der Waals surface area contributed by atoms with Crippen molar-refractivity contribution in [2.75, 3.05) is 12.3 Å². The van der Waals surface area contributed by atoms with Gasteiger partial charge in [-0.05, 0) is 24.1 Å². The van der Waals surface area contributed by atoms with Gasteiger partial charge < -0.3 is 10.4 Å². The average Bonchev–Trinajstić information content (AvgIpc) is 3.00. The molecule has 0 radical (unpaired) electrons. The summed E-state index contributed by atoms with van der Waals surface area (Å²) in [7, 11) is 0. The molecule has 0 bridgehead atoms. The van der Waals surface area contributed by atoms with Crippen LogP contribution in [-0.4, -0.2) is 28.3 Å². The second kappa shape index (κ2) is 8.87. The molecule has 2 N–H and O–H groups in total. The van der Waals surface area contributed by atoms with Gasteiger partial charge >= 0.3 is 0 Å². The summed E-state index contributed by atoms with van der Waals surface area (Å²) in [5, 5.41) is 14.6. The number of aliphatic hydroxyl groups is 1. The van der Waals surface area contributed by atoms with Crippen LogP contribution in [0.25, 0.3) is 0 Å². The first-order valence-corrected chi connectivity index (χ1v) is 8.74. The van der Waals surface area contributed by atoms with E-state index in [2.05, 4.69) is 10.3 Å². The van der Waals surface area contributed by atoms with Gasteiger partial charge in [0, 0.05) is 23.9 Å². The topological polar surface area (TPSA) is 62.2 Å². The molecule has 0 saturated heterocycles. The third kappa shape index (κ3) is 5.75. The van der Waals surface area contributed by atoms with E-state index in [0.717, 1.165) is 16.5 Å². The van der Waals surface area contributed by atoms with Crippen molar-refractivity contribution in [3.05, 3.63) is 47.2 Å². The van der Waals surface area contributed by atoms with Gasteiger partial charge in [-0.15, -0.1) is 11.3 Å². The zero-order valence-corrected chi connectivity index (χ0v) is 13.5. The van der Waals surface area contributed by atoms with Gasteiger partial charge in [-0.2, -0.15) is 0 Å². The Hall–Kier alpha value is -1.44. The van der Waals surface area contributed by atoms with Gasteiger partial charge in [0.1, 0.15) is 10.2 Å². The highest BCUT2D eigenvalue weighted by Gasteiger charge is 2.13. The molecule has 0 aliphatic rings. The fraction of sp³-hybridized carbons (Fsp3) is 0.333. The third-order valence-electron chi connectivity index (χ3n) is 2.89. The first-order valence-electron chi connectivity index (χ1n) is 6.87. The van der Waals surface area contributed by atoms with E-state index in [1.165, 1.54) is 18.2 Å². The molecule has 0 aliphatic heterocycles. The minimum absolute atomic E-state index is 0.0664. The lowest BCUT2D eigenvalue weighted by molar-refractivity contribution is -0.123. The fourth-order valence-electron chi connectivity index (χ4n) is 1.82. The van der Waals surface area contributed by atoms with E-state index in [0.29, 0.717) is 12.1 Å². The fourth-order valence-corrected chi connectivity index (χ4v) is 3.47. The molecule has 1 unspecified atom stereocenters. The molecule has 1 atom stereocenters. The third-order valence-corrected chi connectivity index (χ3v) is 4.94. The Bertz CT molecular complexity index is 593. The van der Waals surface area contributed by atoms with Crippen LogP contribution in [0, 0.1) is 5.82 Å². The molecule has 1 amide bonds. The predicted octanol–water partition coefficient (Wildman–Crippen LogP) is 3.00. The number of benzene rings is 1. The molecule has 22 heavy (non-hydrogen) atoms. The highest BCUT2D eigenvalue weighted by Crippen LogP contribution is 2.20. The van der Waals surface area contributed by atoms with Crippen LogP contribution in [0.3, 0.4) is 0 Å². The van der Waals surface area contributed by atoms with Crippen LogP contribution in [-0.2, 0) is 4.79 Å². The molecular weight excluding hydrogens is 323 g/mol. The van der Waals surface area contributed by atoms with E-state index >= 15 is 0 Å². The van der Waals surface area contributed by atoms with Crippen molar-refractivity contribution in [3.8, 4) is 0 Å². The summed E-state index contributed by atoms with van der Waals surface area (Å²) >= 11 is 3.25. The van der Waals surface area contributed by atoms with Crippen LogP contribution in [0.1, 0.15) is 24.5 Å². The number of carbonyl (C=O) groups is 1. The minimum Gasteiger partial charge on any atom is -0.388 e. The molecule has 0 saturated carbocycles. The van der Waals surface area contributed by atoms with Gasteiger partial charge in [0.15, 0.2) is 0 Å². The normalized spacial score (nSPS) is 12.1. The number of aromatic nitrogens is 1. The largest absolute Gasteiger partial charge is 0.388 e. The zero-order valence-electron chi connectivity index (χ0n) is 11.9. The molecule has 2 aromatic rings. The van der Waals surface area contributed by atoms with Crippen LogP contribution < -0.4 is 5.32 Å². The van der Waals surface area contributed by atoms with E-state index in [-0.39, 0.29) is 12.3 Å². The van der Waals surface area contributed by atoms with E-state index in [1.807, 2.05) is 5.38 Å². The summed E-state index contributed by atoms with van der Waals surface area (Å²) in [4.78, 5) is 15.9. The molecule has 1 aromatic carbocycles. The van der Waals surface area contributed by atoms with E-state index in [4.69, 9.17) is 0 Å². The lowest BCUT2D eigenvalue weighted by atomic mass is 10.1. The Labute approximate surface area is 136 Å². The lowest BCUT2D eigenvalue weighted by Gasteiger charge is -2.11. The molecule has 4 nitrogen and oxygen atoms in total. The molecule has 1 heterocycles. The zero-order chi connectivity index (χ0) is 15.8. The SMILES string of the molecule is O=C(CC(O)c1cccc(F)c1)NCCCSc1nccs1. The number of thioether (sulfide) groups is 1. The van der Waals surface area contributed by atoms with Gasteiger partial charge in [-0.1, -0.05) is 23.9 Å².